The lowest BCUT2D eigenvalue weighted by Crippen LogP contribution is -2.22. The Morgan fingerprint density at radius 3 is 2.53 bits per heavy atom. The molecule has 0 aromatic heterocycles. The van der Waals surface area contributed by atoms with Crippen LogP contribution >= 0.6 is 0 Å². The Labute approximate surface area is 102 Å². The van der Waals surface area contributed by atoms with Gasteiger partial charge in [0.2, 0.25) is 0 Å². The molecule has 1 aromatic carbocycles. The van der Waals surface area contributed by atoms with Gasteiger partial charge in [0.1, 0.15) is 11.5 Å². The standard InChI is InChI=1S/C14H20O3/c1-16-10-7-8-12(14(9-10)17-2)11-5-3-4-6-13(11)15/h7-9,11,13,15H,3-6H2,1-2H3. The number of aliphatic hydroxyl groups is 1. The molecule has 2 atom stereocenters. The van der Waals surface area contributed by atoms with Crippen molar-refractivity contribution in [2.75, 3.05) is 14.2 Å². The van der Waals surface area contributed by atoms with Crippen LogP contribution in [0.25, 0.3) is 0 Å². The first kappa shape index (κ1) is 12.2. The third kappa shape index (κ3) is 2.55. The van der Waals surface area contributed by atoms with Crippen LogP contribution < -0.4 is 9.47 Å². The minimum Gasteiger partial charge on any atom is -0.497 e. The van der Waals surface area contributed by atoms with Crippen LogP contribution in [0.15, 0.2) is 18.2 Å². The highest BCUT2D eigenvalue weighted by atomic mass is 16.5. The van der Waals surface area contributed by atoms with Gasteiger partial charge >= 0.3 is 0 Å². The van der Waals surface area contributed by atoms with Crippen LogP contribution in [-0.2, 0) is 0 Å². The molecule has 0 saturated heterocycles. The number of hydrogen-bond donors (Lipinski definition) is 1. The third-order valence-corrected chi connectivity index (χ3v) is 3.57. The van der Waals surface area contributed by atoms with Crippen LogP contribution in [-0.4, -0.2) is 25.4 Å². The van der Waals surface area contributed by atoms with Crippen molar-refractivity contribution >= 4 is 0 Å². The van der Waals surface area contributed by atoms with Crippen molar-refractivity contribution < 1.29 is 14.6 Å². The summed E-state index contributed by atoms with van der Waals surface area (Å²) in [6.45, 7) is 0. The lowest BCUT2D eigenvalue weighted by atomic mass is 9.81. The second-order valence-corrected chi connectivity index (χ2v) is 4.57. The summed E-state index contributed by atoms with van der Waals surface area (Å²) in [6, 6.07) is 5.83. The van der Waals surface area contributed by atoms with Gasteiger partial charge in [0.15, 0.2) is 0 Å². The minimum absolute atomic E-state index is 0.199. The van der Waals surface area contributed by atoms with Crippen LogP contribution in [0.4, 0.5) is 0 Å². The number of rotatable bonds is 3. The molecule has 17 heavy (non-hydrogen) atoms. The van der Waals surface area contributed by atoms with E-state index in [9.17, 15) is 5.11 Å². The van der Waals surface area contributed by atoms with Crippen LogP contribution in [0.2, 0.25) is 0 Å². The smallest absolute Gasteiger partial charge is 0.126 e. The summed E-state index contributed by atoms with van der Waals surface area (Å²) in [5.41, 5.74) is 1.10. The van der Waals surface area contributed by atoms with Crippen LogP contribution in [0.3, 0.4) is 0 Å². The number of benzene rings is 1. The van der Waals surface area contributed by atoms with Gasteiger partial charge in [-0.15, -0.1) is 0 Å². The van der Waals surface area contributed by atoms with Crippen LogP contribution in [0.5, 0.6) is 11.5 Å². The fourth-order valence-corrected chi connectivity index (χ4v) is 2.60. The van der Waals surface area contributed by atoms with Gasteiger partial charge in [0, 0.05) is 17.5 Å². The average molecular weight is 236 g/mol. The molecule has 1 aromatic rings. The Morgan fingerprint density at radius 1 is 1.12 bits per heavy atom. The highest BCUT2D eigenvalue weighted by molar-refractivity contribution is 5.43. The van der Waals surface area contributed by atoms with E-state index >= 15 is 0 Å². The normalized spacial score (nSPS) is 24.4. The van der Waals surface area contributed by atoms with E-state index in [4.69, 9.17) is 9.47 Å². The van der Waals surface area contributed by atoms with Crippen molar-refractivity contribution in [1.82, 2.24) is 0 Å². The molecule has 0 aliphatic heterocycles. The maximum absolute atomic E-state index is 10.1. The molecule has 2 rings (SSSR count). The Kier molecular flexibility index (Phi) is 3.89. The summed E-state index contributed by atoms with van der Waals surface area (Å²) >= 11 is 0. The zero-order valence-corrected chi connectivity index (χ0v) is 10.5. The molecule has 1 aliphatic rings. The van der Waals surface area contributed by atoms with Gasteiger partial charge in [-0.1, -0.05) is 18.9 Å². The Morgan fingerprint density at radius 2 is 1.88 bits per heavy atom. The molecule has 3 nitrogen and oxygen atoms in total. The fourth-order valence-electron chi connectivity index (χ4n) is 2.60. The van der Waals surface area contributed by atoms with E-state index in [1.54, 1.807) is 14.2 Å². The topological polar surface area (TPSA) is 38.7 Å². The molecule has 2 unspecified atom stereocenters. The number of hydrogen-bond acceptors (Lipinski definition) is 3. The first-order chi connectivity index (χ1) is 8.26. The molecule has 1 aliphatic carbocycles. The van der Waals surface area contributed by atoms with E-state index in [0.717, 1.165) is 36.3 Å². The molecule has 0 amide bonds. The quantitative estimate of drug-likeness (QED) is 0.877. The van der Waals surface area contributed by atoms with E-state index < -0.39 is 0 Å². The molecule has 1 saturated carbocycles. The zero-order chi connectivity index (χ0) is 12.3. The van der Waals surface area contributed by atoms with E-state index in [1.165, 1.54) is 6.42 Å². The van der Waals surface area contributed by atoms with Gasteiger partial charge < -0.3 is 14.6 Å². The summed E-state index contributed by atoms with van der Waals surface area (Å²) < 4.78 is 10.6. The molecule has 1 fully saturated rings. The van der Waals surface area contributed by atoms with Crippen molar-refractivity contribution in [3.63, 3.8) is 0 Å². The fraction of sp³-hybridized carbons (Fsp3) is 0.571. The predicted octanol–water partition coefficient (Wildman–Crippen LogP) is 2.72. The second-order valence-electron chi connectivity index (χ2n) is 4.57. The van der Waals surface area contributed by atoms with Crippen molar-refractivity contribution in [2.45, 2.75) is 37.7 Å². The number of methoxy groups -OCH3 is 2. The maximum Gasteiger partial charge on any atom is 0.126 e. The number of aliphatic hydroxyl groups excluding tert-OH is 1. The lowest BCUT2D eigenvalue weighted by Gasteiger charge is -2.29. The van der Waals surface area contributed by atoms with Crippen molar-refractivity contribution in [2.24, 2.45) is 0 Å². The molecule has 1 N–H and O–H groups in total. The third-order valence-electron chi connectivity index (χ3n) is 3.57. The van der Waals surface area contributed by atoms with E-state index in [2.05, 4.69) is 0 Å². The zero-order valence-electron chi connectivity index (χ0n) is 10.5. The molecule has 0 spiro atoms. The summed E-state index contributed by atoms with van der Waals surface area (Å²) in [5.74, 6) is 1.80. The second kappa shape index (κ2) is 5.41. The molecular formula is C14H20O3. The summed E-state index contributed by atoms with van der Waals surface area (Å²) in [4.78, 5) is 0. The Bertz CT molecular complexity index is 376. The Hall–Kier alpha value is -1.22. The van der Waals surface area contributed by atoms with Crippen LogP contribution in [0, 0.1) is 0 Å². The van der Waals surface area contributed by atoms with Gasteiger partial charge in [-0.3, -0.25) is 0 Å². The molecule has 94 valence electrons. The minimum atomic E-state index is -0.244. The van der Waals surface area contributed by atoms with Gasteiger partial charge in [-0.25, -0.2) is 0 Å². The molecule has 3 heteroatoms. The molecule has 0 radical (unpaired) electrons. The first-order valence-electron chi connectivity index (χ1n) is 6.16. The summed E-state index contributed by atoms with van der Waals surface area (Å²) in [7, 11) is 3.30. The van der Waals surface area contributed by atoms with E-state index in [1.807, 2.05) is 18.2 Å². The number of ether oxygens (including phenoxy) is 2. The molecule has 0 heterocycles. The maximum atomic E-state index is 10.1. The van der Waals surface area contributed by atoms with Crippen LogP contribution in [0.1, 0.15) is 37.2 Å². The predicted molar refractivity (Wildman–Crippen MR) is 66.8 cm³/mol. The highest BCUT2D eigenvalue weighted by Gasteiger charge is 2.27. The average Bonchev–Trinajstić information content (AvgIpc) is 2.38. The van der Waals surface area contributed by atoms with E-state index in [-0.39, 0.29) is 12.0 Å². The van der Waals surface area contributed by atoms with Gasteiger partial charge in [0.25, 0.3) is 0 Å². The van der Waals surface area contributed by atoms with Gasteiger partial charge in [-0.2, -0.15) is 0 Å². The molecule has 0 bridgehead atoms. The SMILES string of the molecule is COc1ccc(C2CCCCC2O)c(OC)c1. The van der Waals surface area contributed by atoms with Crippen molar-refractivity contribution in [3.8, 4) is 11.5 Å². The lowest BCUT2D eigenvalue weighted by molar-refractivity contribution is 0.105. The summed E-state index contributed by atoms with van der Waals surface area (Å²) in [5, 5.41) is 10.1. The van der Waals surface area contributed by atoms with Crippen molar-refractivity contribution in [1.29, 1.82) is 0 Å². The first-order valence-corrected chi connectivity index (χ1v) is 6.16. The monoisotopic (exact) mass is 236 g/mol. The molecular weight excluding hydrogens is 216 g/mol. The Balaban J connectivity index is 2.30. The summed E-state index contributed by atoms with van der Waals surface area (Å²) in [6.07, 6.45) is 3.97. The van der Waals surface area contributed by atoms with Gasteiger partial charge in [-0.05, 0) is 18.9 Å². The van der Waals surface area contributed by atoms with Gasteiger partial charge in [0.05, 0.1) is 20.3 Å². The van der Waals surface area contributed by atoms with E-state index in [0.29, 0.717) is 0 Å². The largest absolute Gasteiger partial charge is 0.497 e. The highest BCUT2D eigenvalue weighted by Crippen LogP contribution is 2.39. The van der Waals surface area contributed by atoms with Crippen molar-refractivity contribution in [3.05, 3.63) is 23.8 Å².